The van der Waals surface area contributed by atoms with Crippen LogP contribution in [0, 0.1) is 0 Å². The summed E-state index contributed by atoms with van der Waals surface area (Å²) in [5.74, 6) is 1.10. The van der Waals surface area contributed by atoms with Crippen molar-refractivity contribution < 1.29 is 9.53 Å². The maximum absolute atomic E-state index is 11.6. The third-order valence-electron chi connectivity index (χ3n) is 3.66. The van der Waals surface area contributed by atoms with Crippen LogP contribution in [0.2, 0.25) is 5.02 Å². The van der Waals surface area contributed by atoms with Crippen molar-refractivity contribution >= 4 is 17.5 Å². The molecule has 1 saturated heterocycles. The number of piperazine rings is 1. The van der Waals surface area contributed by atoms with E-state index in [2.05, 4.69) is 4.90 Å². The number of methoxy groups -OCH3 is 1. The summed E-state index contributed by atoms with van der Waals surface area (Å²) in [6.45, 7) is 6.09. The lowest BCUT2D eigenvalue weighted by Gasteiger charge is -2.34. The molecule has 1 fully saturated rings. The Balaban J connectivity index is 1.96. The Hall–Kier alpha value is -1.26. The van der Waals surface area contributed by atoms with E-state index in [1.165, 1.54) is 0 Å². The van der Waals surface area contributed by atoms with Gasteiger partial charge in [-0.05, 0) is 18.2 Å². The number of hydrogen-bond donors (Lipinski definition) is 0. The van der Waals surface area contributed by atoms with E-state index < -0.39 is 0 Å². The van der Waals surface area contributed by atoms with E-state index in [-0.39, 0.29) is 5.91 Å². The summed E-state index contributed by atoms with van der Waals surface area (Å²) in [7, 11) is 1.67. The first kappa shape index (κ1) is 15.1. The van der Waals surface area contributed by atoms with Crippen molar-refractivity contribution in [1.82, 2.24) is 9.80 Å². The standard InChI is InChI=1S/C15H21ClN2O2/c1-3-15(19)18-8-6-17(7-9-18)11-12-10-13(16)4-5-14(12)20-2/h4-5,10H,3,6-9,11H2,1-2H3. The minimum Gasteiger partial charge on any atom is -0.496 e. The molecule has 0 saturated carbocycles. The summed E-state index contributed by atoms with van der Waals surface area (Å²) in [6.07, 6.45) is 0.585. The second-order valence-corrected chi connectivity index (χ2v) is 5.40. The predicted octanol–water partition coefficient (Wildman–Crippen LogP) is 2.40. The van der Waals surface area contributed by atoms with Gasteiger partial charge in [-0.1, -0.05) is 18.5 Å². The smallest absolute Gasteiger partial charge is 0.222 e. The van der Waals surface area contributed by atoms with Gasteiger partial charge in [0.1, 0.15) is 5.75 Å². The van der Waals surface area contributed by atoms with E-state index in [0.29, 0.717) is 6.42 Å². The van der Waals surface area contributed by atoms with Crippen LogP contribution in [0.3, 0.4) is 0 Å². The summed E-state index contributed by atoms with van der Waals surface area (Å²) in [5.41, 5.74) is 1.09. The SMILES string of the molecule is CCC(=O)N1CCN(Cc2cc(Cl)ccc2OC)CC1. The molecule has 1 aliphatic rings. The number of rotatable bonds is 4. The van der Waals surface area contributed by atoms with E-state index in [0.717, 1.165) is 49.1 Å². The van der Waals surface area contributed by atoms with Crippen LogP contribution in [-0.2, 0) is 11.3 Å². The van der Waals surface area contributed by atoms with Gasteiger partial charge in [0.05, 0.1) is 7.11 Å². The quantitative estimate of drug-likeness (QED) is 0.855. The van der Waals surface area contributed by atoms with Gasteiger partial charge in [0.2, 0.25) is 5.91 Å². The highest BCUT2D eigenvalue weighted by Gasteiger charge is 2.20. The highest BCUT2D eigenvalue weighted by molar-refractivity contribution is 6.30. The van der Waals surface area contributed by atoms with E-state index in [1.807, 2.05) is 30.0 Å². The number of amides is 1. The molecule has 1 amide bonds. The summed E-state index contributed by atoms with van der Waals surface area (Å²) in [4.78, 5) is 15.9. The monoisotopic (exact) mass is 296 g/mol. The lowest BCUT2D eigenvalue weighted by Crippen LogP contribution is -2.48. The molecule has 1 aliphatic heterocycles. The lowest BCUT2D eigenvalue weighted by molar-refractivity contribution is -0.132. The number of halogens is 1. The maximum Gasteiger partial charge on any atom is 0.222 e. The van der Waals surface area contributed by atoms with Crippen LogP contribution in [0.25, 0.3) is 0 Å². The van der Waals surface area contributed by atoms with Crippen molar-refractivity contribution in [3.05, 3.63) is 28.8 Å². The number of hydrogen-bond acceptors (Lipinski definition) is 3. The number of nitrogens with zero attached hydrogens (tertiary/aromatic N) is 2. The lowest BCUT2D eigenvalue weighted by atomic mass is 10.1. The van der Waals surface area contributed by atoms with Gasteiger partial charge in [0.15, 0.2) is 0 Å². The molecule has 0 bridgehead atoms. The molecule has 4 nitrogen and oxygen atoms in total. The Kier molecular flexibility index (Phi) is 5.26. The molecular weight excluding hydrogens is 276 g/mol. The van der Waals surface area contributed by atoms with E-state index >= 15 is 0 Å². The highest BCUT2D eigenvalue weighted by Crippen LogP contribution is 2.24. The van der Waals surface area contributed by atoms with Crippen LogP contribution in [0.4, 0.5) is 0 Å². The second kappa shape index (κ2) is 6.95. The van der Waals surface area contributed by atoms with Crippen LogP contribution in [-0.4, -0.2) is 49.0 Å². The number of benzene rings is 1. The van der Waals surface area contributed by atoms with Gasteiger partial charge in [0.25, 0.3) is 0 Å². The van der Waals surface area contributed by atoms with Crippen molar-refractivity contribution in [1.29, 1.82) is 0 Å². The zero-order chi connectivity index (χ0) is 14.5. The predicted molar refractivity (Wildman–Crippen MR) is 80.2 cm³/mol. The Morgan fingerprint density at radius 1 is 1.30 bits per heavy atom. The Morgan fingerprint density at radius 3 is 2.60 bits per heavy atom. The first-order valence-electron chi connectivity index (χ1n) is 6.96. The molecule has 0 atom stereocenters. The molecule has 0 N–H and O–H groups in total. The number of carbonyl (C=O) groups excluding carboxylic acids is 1. The van der Waals surface area contributed by atoms with Crippen LogP contribution < -0.4 is 4.74 Å². The van der Waals surface area contributed by atoms with E-state index in [9.17, 15) is 4.79 Å². The van der Waals surface area contributed by atoms with Crippen LogP contribution in [0.15, 0.2) is 18.2 Å². The molecule has 0 aromatic heterocycles. The number of carbonyl (C=O) groups is 1. The number of ether oxygens (including phenoxy) is 1. The van der Waals surface area contributed by atoms with Crippen LogP contribution in [0.1, 0.15) is 18.9 Å². The van der Waals surface area contributed by atoms with Gasteiger partial charge in [-0.2, -0.15) is 0 Å². The minimum absolute atomic E-state index is 0.241. The van der Waals surface area contributed by atoms with Gasteiger partial charge in [-0.25, -0.2) is 0 Å². The van der Waals surface area contributed by atoms with Gasteiger partial charge >= 0.3 is 0 Å². The molecule has 1 aromatic rings. The van der Waals surface area contributed by atoms with Gasteiger partial charge in [-0.15, -0.1) is 0 Å². The normalized spacial score (nSPS) is 16.2. The fourth-order valence-electron chi connectivity index (χ4n) is 2.49. The van der Waals surface area contributed by atoms with Gasteiger partial charge in [-0.3, -0.25) is 9.69 Å². The molecule has 110 valence electrons. The van der Waals surface area contributed by atoms with Crippen LogP contribution >= 0.6 is 11.6 Å². The van der Waals surface area contributed by atoms with Crippen LogP contribution in [0.5, 0.6) is 5.75 Å². The summed E-state index contributed by atoms with van der Waals surface area (Å²) in [6, 6.07) is 5.68. The topological polar surface area (TPSA) is 32.8 Å². The molecule has 0 aliphatic carbocycles. The fraction of sp³-hybridized carbons (Fsp3) is 0.533. The molecule has 5 heteroatoms. The molecular formula is C15H21ClN2O2. The fourth-order valence-corrected chi connectivity index (χ4v) is 2.69. The zero-order valence-corrected chi connectivity index (χ0v) is 12.8. The minimum atomic E-state index is 0.241. The van der Waals surface area contributed by atoms with Crippen molar-refractivity contribution in [2.75, 3.05) is 33.3 Å². The molecule has 0 radical (unpaired) electrons. The Labute approximate surface area is 125 Å². The largest absolute Gasteiger partial charge is 0.496 e. The molecule has 1 aromatic carbocycles. The van der Waals surface area contributed by atoms with Gasteiger partial charge in [0, 0.05) is 49.7 Å². The highest BCUT2D eigenvalue weighted by atomic mass is 35.5. The summed E-state index contributed by atoms with van der Waals surface area (Å²) in [5, 5.41) is 0.723. The average Bonchev–Trinajstić information content (AvgIpc) is 2.47. The summed E-state index contributed by atoms with van der Waals surface area (Å²) < 4.78 is 5.37. The summed E-state index contributed by atoms with van der Waals surface area (Å²) >= 11 is 6.05. The van der Waals surface area contributed by atoms with E-state index in [4.69, 9.17) is 16.3 Å². The first-order chi connectivity index (χ1) is 9.63. The molecule has 0 unspecified atom stereocenters. The molecule has 20 heavy (non-hydrogen) atoms. The molecule has 1 heterocycles. The molecule has 0 spiro atoms. The van der Waals surface area contributed by atoms with Crippen molar-refractivity contribution in [3.63, 3.8) is 0 Å². The molecule has 2 rings (SSSR count). The Bertz CT molecular complexity index is 471. The first-order valence-corrected chi connectivity index (χ1v) is 7.34. The van der Waals surface area contributed by atoms with Crippen molar-refractivity contribution in [2.24, 2.45) is 0 Å². The average molecular weight is 297 g/mol. The van der Waals surface area contributed by atoms with Crippen molar-refractivity contribution in [3.8, 4) is 5.75 Å². The second-order valence-electron chi connectivity index (χ2n) is 4.97. The Morgan fingerprint density at radius 2 is 2.00 bits per heavy atom. The third-order valence-corrected chi connectivity index (χ3v) is 3.90. The zero-order valence-electron chi connectivity index (χ0n) is 12.1. The van der Waals surface area contributed by atoms with E-state index in [1.54, 1.807) is 7.11 Å². The van der Waals surface area contributed by atoms with Gasteiger partial charge < -0.3 is 9.64 Å². The third kappa shape index (κ3) is 3.64. The maximum atomic E-state index is 11.6. The van der Waals surface area contributed by atoms with Crippen molar-refractivity contribution in [2.45, 2.75) is 19.9 Å².